The van der Waals surface area contributed by atoms with Crippen LogP contribution in [-0.4, -0.2) is 23.5 Å². The molecule has 0 aromatic carbocycles. The van der Waals surface area contributed by atoms with Gasteiger partial charge in [0.25, 0.3) is 0 Å². The first kappa shape index (κ1) is 18.0. The second-order valence-electron chi connectivity index (χ2n) is 6.31. The molecule has 2 atom stereocenters. The van der Waals surface area contributed by atoms with E-state index in [1.807, 2.05) is 0 Å². The van der Waals surface area contributed by atoms with Crippen LogP contribution in [-0.2, 0) is 9.59 Å². The summed E-state index contributed by atoms with van der Waals surface area (Å²) in [5.74, 6) is -1.10. The van der Waals surface area contributed by atoms with Crippen LogP contribution in [0.15, 0.2) is 0 Å². The summed E-state index contributed by atoms with van der Waals surface area (Å²) < 4.78 is 0. The molecule has 0 aromatic heterocycles. The Labute approximate surface area is 128 Å². The Kier molecular flexibility index (Phi) is 9.11. The fraction of sp³-hybridized carbons (Fsp3) is 0.882. The van der Waals surface area contributed by atoms with Gasteiger partial charge in [-0.1, -0.05) is 51.9 Å². The highest BCUT2D eigenvalue weighted by atomic mass is 16.4. The summed E-state index contributed by atoms with van der Waals surface area (Å²) in [6.45, 7) is 2.97. The fourth-order valence-electron chi connectivity index (χ4n) is 3.06. The topological polar surface area (TPSA) is 66.4 Å². The molecule has 4 heteroatoms. The number of hydrogen-bond donors (Lipinski definition) is 2. The minimum absolute atomic E-state index is 0.0571. The molecule has 2 unspecified atom stereocenters. The summed E-state index contributed by atoms with van der Waals surface area (Å²) in [6, 6.07) is 0. The summed E-state index contributed by atoms with van der Waals surface area (Å²) in [7, 11) is 0. The Hall–Kier alpha value is -1.06. The molecule has 0 spiro atoms. The summed E-state index contributed by atoms with van der Waals surface area (Å²) in [5.41, 5.74) is 0. The van der Waals surface area contributed by atoms with E-state index < -0.39 is 5.97 Å². The summed E-state index contributed by atoms with van der Waals surface area (Å²) >= 11 is 0. The molecule has 0 aliphatic heterocycles. The number of unbranched alkanes of at least 4 members (excludes halogenated alkanes) is 7. The monoisotopic (exact) mass is 297 g/mol. The van der Waals surface area contributed by atoms with Gasteiger partial charge in [-0.15, -0.1) is 0 Å². The first-order valence-electron chi connectivity index (χ1n) is 8.65. The number of carboxylic acids is 1. The molecule has 2 N–H and O–H groups in total. The van der Waals surface area contributed by atoms with Gasteiger partial charge >= 0.3 is 5.97 Å². The highest BCUT2D eigenvalue weighted by molar-refractivity contribution is 5.80. The molecule has 0 saturated heterocycles. The number of aliphatic carboxylic acids is 1. The maximum Gasteiger partial charge on any atom is 0.306 e. The van der Waals surface area contributed by atoms with Crippen LogP contribution in [0.4, 0.5) is 0 Å². The molecule has 1 amide bonds. The van der Waals surface area contributed by atoms with Crippen LogP contribution in [0.1, 0.15) is 77.6 Å². The first-order chi connectivity index (χ1) is 10.1. The van der Waals surface area contributed by atoms with Crippen molar-refractivity contribution in [1.29, 1.82) is 0 Å². The quantitative estimate of drug-likeness (QED) is 0.571. The van der Waals surface area contributed by atoms with Crippen LogP contribution in [0, 0.1) is 11.8 Å². The number of amides is 1. The second kappa shape index (κ2) is 10.6. The third-order valence-electron chi connectivity index (χ3n) is 4.48. The second-order valence-corrected chi connectivity index (χ2v) is 6.31. The van der Waals surface area contributed by atoms with Crippen LogP contribution in [0.5, 0.6) is 0 Å². The summed E-state index contributed by atoms with van der Waals surface area (Å²) in [6.07, 6.45) is 12.0. The molecule has 122 valence electrons. The van der Waals surface area contributed by atoms with Crippen molar-refractivity contribution in [2.45, 2.75) is 77.6 Å². The predicted molar refractivity (Wildman–Crippen MR) is 84.1 cm³/mol. The van der Waals surface area contributed by atoms with Gasteiger partial charge in [-0.25, -0.2) is 0 Å². The average Bonchev–Trinajstić information content (AvgIpc) is 2.95. The molecule has 4 nitrogen and oxygen atoms in total. The van der Waals surface area contributed by atoms with Gasteiger partial charge in [0.2, 0.25) is 5.91 Å². The highest BCUT2D eigenvalue weighted by Gasteiger charge is 2.33. The van der Waals surface area contributed by atoms with Crippen LogP contribution in [0.2, 0.25) is 0 Å². The van der Waals surface area contributed by atoms with E-state index in [0.29, 0.717) is 12.8 Å². The van der Waals surface area contributed by atoms with Crippen molar-refractivity contribution in [3.63, 3.8) is 0 Å². The van der Waals surface area contributed by atoms with E-state index in [9.17, 15) is 9.59 Å². The van der Waals surface area contributed by atoms with Crippen LogP contribution < -0.4 is 5.32 Å². The molecule has 1 rings (SSSR count). The first-order valence-corrected chi connectivity index (χ1v) is 8.65. The van der Waals surface area contributed by atoms with Crippen molar-refractivity contribution in [2.24, 2.45) is 11.8 Å². The van der Waals surface area contributed by atoms with Gasteiger partial charge in [0.05, 0.1) is 5.92 Å². The normalized spacial score (nSPS) is 21.4. The Morgan fingerprint density at radius 2 is 1.52 bits per heavy atom. The molecule has 1 saturated carbocycles. The van der Waals surface area contributed by atoms with Crippen molar-refractivity contribution in [1.82, 2.24) is 5.32 Å². The SMILES string of the molecule is CCCCCCCCCCNC(=O)C1CCC(C(=O)O)C1. The molecule has 1 aliphatic carbocycles. The number of carboxylic acid groups (broad SMARTS) is 1. The Morgan fingerprint density at radius 1 is 0.952 bits per heavy atom. The lowest BCUT2D eigenvalue weighted by Gasteiger charge is -2.10. The van der Waals surface area contributed by atoms with E-state index >= 15 is 0 Å². The van der Waals surface area contributed by atoms with Gasteiger partial charge in [0, 0.05) is 12.5 Å². The van der Waals surface area contributed by atoms with Crippen molar-refractivity contribution in [3.05, 3.63) is 0 Å². The molecule has 0 aromatic rings. The number of carbonyl (C=O) groups excluding carboxylic acids is 1. The van der Waals surface area contributed by atoms with Gasteiger partial charge in [-0.3, -0.25) is 9.59 Å². The summed E-state index contributed by atoms with van der Waals surface area (Å²) in [4.78, 5) is 22.8. The molecular weight excluding hydrogens is 266 g/mol. The minimum Gasteiger partial charge on any atom is -0.481 e. The Morgan fingerprint density at radius 3 is 2.10 bits per heavy atom. The maximum absolute atomic E-state index is 11.9. The summed E-state index contributed by atoms with van der Waals surface area (Å²) in [5, 5.41) is 11.9. The Bertz CT molecular complexity index is 317. The third-order valence-corrected chi connectivity index (χ3v) is 4.48. The van der Waals surface area contributed by atoms with Crippen LogP contribution >= 0.6 is 0 Å². The average molecular weight is 297 g/mol. The number of carbonyl (C=O) groups is 2. The molecule has 0 bridgehead atoms. The van der Waals surface area contributed by atoms with Gasteiger partial charge in [-0.2, -0.15) is 0 Å². The van der Waals surface area contributed by atoms with Crippen molar-refractivity contribution in [2.75, 3.05) is 6.54 Å². The maximum atomic E-state index is 11.9. The van der Waals surface area contributed by atoms with E-state index in [0.717, 1.165) is 19.4 Å². The Balaban J connectivity index is 1.96. The predicted octanol–water partition coefficient (Wildman–Crippen LogP) is 3.74. The van der Waals surface area contributed by atoms with E-state index in [1.54, 1.807) is 0 Å². The van der Waals surface area contributed by atoms with Crippen molar-refractivity contribution >= 4 is 11.9 Å². The zero-order chi connectivity index (χ0) is 15.5. The van der Waals surface area contributed by atoms with Crippen LogP contribution in [0.25, 0.3) is 0 Å². The van der Waals surface area contributed by atoms with Crippen molar-refractivity contribution < 1.29 is 14.7 Å². The van der Waals surface area contributed by atoms with Crippen molar-refractivity contribution in [3.8, 4) is 0 Å². The van der Waals surface area contributed by atoms with Gasteiger partial charge < -0.3 is 10.4 Å². The highest BCUT2D eigenvalue weighted by Crippen LogP contribution is 2.31. The van der Waals surface area contributed by atoms with Crippen LogP contribution in [0.3, 0.4) is 0 Å². The molecule has 0 heterocycles. The van der Waals surface area contributed by atoms with Gasteiger partial charge in [0.15, 0.2) is 0 Å². The largest absolute Gasteiger partial charge is 0.481 e. The number of nitrogens with one attached hydrogen (secondary N) is 1. The molecule has 21 heavy (non-hydrogen) atoms. The smallest absolute Gasteiger partial charge is 0.306 e. The van der Waals surface area contributed by atoms with E-state index in [1.165, 1.54) is 44.9 Å². The third kappa shape index (κ3) is 7.49. The molecule has 1 fully saturated rings. The number of rotatable bonds is 11. The van der Waals surface area contributed by atoms with Gasteiger partial charge in [-0.05, 0) is 25.7 Å². The van der Waals surface area contributed by atoms with E-state index in [4.69, 9.17) is 5.11 Å². The van der Waals surface area contributed by atoms with E-state index in [2.05, 4.69) is 12.2 Å². The molecule has 0 radical (unpaired) electrons. The molecule has 1 aliphatic rings. The zero-order valence-corrected chi connectivity index (χ0v) is 13.4. The van der Waals surface area contributed by atoms with Gasteiger partial charge in [0.1, 0.15) is 0 Å². The lowest BCUT2D eigenvalue weighted by atomic mass is 10.0. The minimum atomic E-state index is -0.756. The zero-order valence-electron chi connectivity index (χ0n) is 13.4. The van der Waals surface area contributed by atoms with E-state index in [-0.39, 0.29) is 17.7 Å². The fourth-order valence-corrected chi connectivity index (χ4v) is 3.06. The lowest BCUT2D eigenvalue weighted by molar-refractivity contribution is -0.141. The lowest BCUT2D eigenvalue weighted by Crippen LogP contribution is -2.30. The molecular formula is C17H31NO3. The standard InChI is InChI=1S/C17H31NO3/c1-2-3-4-5-6-7-8-9-12-18-16(19)14-10-11-15(13-14)17(20)21/h14-15H,2-13H2,1H3,(H,18,19)(H,20,21). The number of hydrogen-bond acceptors (Lipinski definition) is 2.